The molecule has 3 rings (SSSR count). The molecule has 0 unspecified atom stereocenters. The predicted octanol–water partition coefficient (Wildman–Crippen LogP) is 3.31. The molecule has 1 N–H and O–H groups in total. The van der Waals surface area contributed by atoms with Gasteiger partial charge in [0.15, 0.2) is 5.13 Å². The van der Waals surface area contributed by atoms with Gasteiger partial charge in [-0.2, -0.15) is 0 Å². The van der Waals surface area contributed by atoms with E-state index in [-0.39, 0.29) is 5.91 Å². The fourth-order valence-electron chi connectivity index (χ4n) is 3.01. The van der Waals surface area contributed by atoms with Gasteiger partial charge >= 0.3 is 0 Å². The third-order valence-corrected chi connectivity index (χ3v) is 5.57. The van der Waals surface area contributed by atoms with Gasteiger partial charge in [0, 0.05) is 29.5 Å². The van der Waals surface area contributed by atoms with Gasteiger partial charge in [-0.05, 0) is 43.3 Å². The number of ether oxygens (including phenoxy) is 1. The number of nitrogens with zero attached hydrogens (tertiary/aromatic N) is 2. The molecule has 1 aromatic heterocycles. The Morgan fingerprint density at radius 1 is 1.10 bits per heavy atom. The second kappa shape index (κ2) is 9.67. The van der Waals surface area contributed by atoms with E-state index in [1.807, 2.05) is 65.7 Å². The van der Waals surface area contributed by atoms with Crippen LogP contribution in [0.5, 0.6) is 5.75 Å². The largest absolute Gasteiger partial charge is 0.497 e. The van der Waals surface area contributed by atoms with Gasteiger partial charge in [0.1, 0.15) is 5.75 Å². The molecular weight excluding hydrogens is 382 g/mol. The van der Waals surface area contributed by atoms with E-state index in [2.05, 4.69) is 14.1 Å². The van der Waals surface area contributed by atoms with E-state index in [1.165, 1.54) is 16.2 Å². The standard InChI is InChI=1S/C23H27N3O2S/c1-17-6-8-19(9-7-17)22(27)26(15-5-14-25(2)3)23-24-21(16-29-23)18-10-12-20(28-4)13-11-18/h6-13,16H,5,14-15H2,1-4H3/p+1. The number of hydrogen-bond donors (Lipinski definition) is 1. The fraction of sp³-hybridized carbons (Fsp3) is 0.304. The molecule has 0 bridgehead atoms. The highest BCUT2D eigenvalue weighted by atomic mass is 32.1. The van der Waals surface area contributed by atoms with Gasteiger partial charge in [0.05, 0.1) is 33.4 Å². The Labute approximate surface area is 176 Å². The average Bonchev–Trinajstić information content (AvgIpc) is 3.21. The number of aryl methyl sites for hydroxylation is 1. The molecular formula is C23H28N3O2S+. The minimum Gasteiger partial charge on any atom is -0.497 e. The first-order chi connectivity index (χ1) is 14.0. The minimum absolute atomic E-state index is 0.00520. The molecule has 1 heterocycles. The number of thiazole rings is 1. The molecule has 5 nitrogen and oxygen atoms in total. The van der Waals surface area contributed by atoms with Crippen LogP contribution >= 0.6 is 11.3 Å². The molecule has 2 aromatic carbocycles. The summed E-state index contributed by atoms with van der Waals surface area (Å²) >= 11 is 1.50. The number of anilines is 1. The Bertz CT molecular complexity index is 934. The number of quaternary nitrogens is 1. The van der Waals surface area contributed by atoms with Crippen molar-refractivity contribution in [3.8, 4) is 17.0 Å². The van der Waals surface area contributed by atoms with Crippen LogP contribution in [-0.4, -0.2) is 45.2 Å². The highest BCUT2D eigenvalue weighted by Gasteiger charge is 2.21. The molecule has 0 fully saturated rings. The van der Waals surface area contributed by atoms with Crippen molar-refractivity contribution >= 4 is 22.4 Å². The quantitative estimate of drug-likeness (QED) is 0.620. The number of hydrogen-bond acceptors (Lipinski definition) is 4. The third kappa shape index (κ3) is 5.43. The lowest BCUT2D eigenvalue weighted by Crippen LogP contribution is -3.05. The molecule has 0 aliphatic heterocycles. The molecule has 29 heavy (non-hydrogen) atoms. The number of methoxy groups -OCH3 is 1. The summed E-state index contributed by atoms with van der Waals surface area (Å²) in [5, 5.41) is 2.74. The Morgan fingerprint density at radius 3 is 2.41 bits per heavy atom. The first kappa shape index (κ1) is 21.0. The summed E-state index contributed by atoms with van der Waals surface area (Å²) in [5.74, 6) is 0.806. The summed E-state index contributed by atoms with van der Waals surface area (Å²) < 4.78 is 5.23. The molecule has 1 amide bonds. The van der Waals surface area contributed by atoms with Crippen LogP contribution in [0.3, 0.4) is 0 Å². The van der Waals surface area contributed by atoms with E-state index < -0.39 is 0 Å². The van der Waals surface area contributed by atoms with Gasteiger partial charge in [-0.15, -0.1) is 11.3 Å². The van der Waals surface area contributed by atoms with Gasteiger partial charge in [0.2, 0.25) is 0 Å². The SMILES string of the molecule is COc1ccc(-c2csc(N(CCC[NH+](C)C)C(=O)c3ccc(C)cc3)n2)cc1. The second-order valence-corrected chi connectivity index (χ2v) is 8.21. The van der Waals surface area contributed by atoms with Crippen LogP contribution in [0, 0.1) is 6.92 Å². The molecule has 0 aliphatic carbocycles. The highest BCUT2D eigenvalue weighted by Crippen LogP contribution is 2.29. The molecule has 0 saturated heterocycles. The maximum Gasteiger partial charge on any atom is 0.260 e. The second-order valence-electron chi connectivity index (χ2n) is 7.38. The summed E-state index contributed by atoms with van der Waals surface area (Å²) in [7, 11) is 5.90. The number of amides is 1. The van der Waals surface area contributed by atoms with Crippen LogP contribution in [0.4, 0.5) is 5.13 Å². The molecule has 6 heteroatoms. The lowest BCUT2D eigenvalue weighted by atomic mass is 10.1. The lowest BCUT2D eigenvalue weighted by Gasteiger charge is -2.20. The van der Waals surface area contributed by atoms with Crippen LogP contribution in [0.25, 0.3) is 11.3 Å². The van der Waals surface area contributed by atoms with Crippen LogP contribution in [0.2, 0.25) is 0 Å². The van der Waals surface area contributed by atoms with Crippen LogP contribution in [-0.2, 0) is 0 Å². The topological polar surface area (TPSA) is 46.9 Å². The predicted molar refractivity (Wildman–Crippen MR) is 119 cm³/mol. The van der Waals surface area contributed by atoms with Crippen molar-refractivity contribution in [1.29, 1.82) is 0 Å². The fourth-order valence-corrected chi connectivity index (χ4v) is 3.87. The average molecular weight is 411 g/mol. The summed E-state index contributed by atoms with van der Waals surface area (Å²) in [4.78, 5) is 21.2. The van der Waals surface area contributed by atoms with E-state index in [0.717, 1.165) is 40.7 Å². The van der Waals surface area contributed by atoms with Crippen molar-refractivity contribution in [3.05, 3.63) is 65.0 Å². The first-order valence-electron chi connectivity index (χ1n) is 9.75. The Balaban J connectivity index is 1.85. The van der Waals surface area contributed by atoms with Gasteiger partial charge in [-0.3, -0.25) is 9.69 Å². The van der Waals surface area contributed by atoms with Gasteiger partial charge < -0.3 is 9.64 Å². The summed E-state index contributed by atoms with van der Waals surface area (Å²) in [6, 6.07) is 15.5. The summed E-state index contributed by atoms with van der Waals surface area (Å²) in [6.45, 7) is 3.66. The minimum atomic E-state index is -0.00520. The van der Waals surface area contributed by atoms with Crippen molar-refractivity contribution in [3.63, 3.8) is 0 Å². The number of benzene rings is 2. The molecule has 0 atom stereocenters. The molecule has 0 aliphatic rings. The zero-order valence-electron chi connectivity index (χ0n) is 17.4. The summed E-state index contributed by atoms with van der Waals surface area (Å²) in [6.07, 6.45) is 0.914. The van der Waals surface area contributed by atoms with Crippen molar-refractivity contribution < 1.29 is 14.4 Å². The van der Waals surface area contributed by atoms with E-state index >= 15 is 0 Å². The van der Waals surface area contributed by atoms with Crippen LogP contribution < -0.4 is 14.5 Å². The van der Waals surface area contributed by atoms with Crippen molar-refractivity contribution in [2.75, 3.05) is 39.2 Å². The molecule has 3 aromatic rings. The smallest absolute Gasteiger partial charge is 0.260 e. The lowest BCUT2D eigenvalue weighted by molar-refractivity contribution is -0.858. The van der Waals surface area contributed by atoms with E-state index in [1.54, 1.807) is 7.11 Å². The van der Waals surface area contributed by atoms with Gasteiger partial charge in [-0.1, -0.05) is 17.7 Å². The van der Waals surface area contributed by atoms with E-state index in [0.29, 0.717) is 12.1 Å². The zero-order chi connectivity index (χ0) is 20.8. The van der Waals surface area contributed by atoms with Crippen molar-refractivity contribution in [1.82, 2.24) is 4.98 Å². The van der Waals surface area contributed by atoms with Gasteiger partial charge in [-0.25, -0.2) is 4.98 Å². The maximum absolute atomic E-state index is 13.2. The Hall–Kier alpha value is -2.70. The maximum atomic E-state index is 13.2. The summed E-state index contributed by atoms with van der Waals surface area (Å²) in [5.41, 5.74) is 3.70. The number of nitrogens with one attached hydrogen (secondary N) is 1. The monoisotopic (exact) mass is 410 g/mol. The highest BCUT2D eigenvalue weighted by molar-refractivity contribution is 7.14. The number of carbonyl (C=O) groups excluding carboxylic acids is 1. The van der Waals surface area contributed by atoms with Crippen molar-refractivity contribution in [2.24, 2.45) is 0 Å². The van der Waals surface area contributed by atoms with E-state index in [4.69, 9.17) is 9.72 Å². The third-order valence-electron chi connectivity index (χ3n) is 4.71. The molecule has 152 valence electrons. The molecule has 0 radical (unpaired) electrons. The van der Waals surface area contributed by atoms with Crippen LogP contribution in [0.1, 0.15) is 22.3 Å². The molecule has 0 saturated carbocycles. The Kier molecular flexibility index (Phi) is 7.01. The number of aromatic nitrogens is 1. The molecule has 0 spiro atoms. The van der Waals surface area contributed by atoms with Crippen LogP contribution in [0.15, 0.2) is 53.9 Å². The number of rotatable bonds is 8. The normalized spacial score (nSPS) is 10.9. The van der Waals surface area contributed by atoms with E-state index in [9.17, 15) is 4.79 Å². The Morgan fingerprint density at radius 2 is 1.79 bits per heavy atom. The van der Waals surface area contributed by atoms with Gasteiger partial charge in [0.25, 0.3) is 5.91 Å². The zero-order valence-corrected chi connectivity index (χ0v) is 18.3. The van der Waals surface area contributed by atoms with Crippen molar-refractivity contribution in [2.45, 2.75) is 13.3 Å². The first-order valence-corrected chi connectivity index (χ1v) is 10.6. The number of carbonyl (C=O) groups is 1.